The number of anilines is 1. The van der Waals surface area contributed by atoms with Crippen molar-refractivity contribution in [2.45, 2.75) is 17.7 Å². The Morgan fingerprint density at radius 1 is 1.24 bits per heavy atom. The maximum Gasteiger partial charge on any atom is 0.260 e. The summed E-state index contributed by atoms with van der Waals surface area (Å²) in [6, 6.07) is 6.41. The third kappa shape index (κ3) is 3.06. The van der Waals surface area contributed by atoms with Crippen LogP contribution in [-0.2, 0) is 10.0 Å². The van der Waals surface area contributed by atoms with Gasteiger partial charge in [0.15, 0.2) is 5.13 Å². The first kappa shape index (κ1) is 16.2. The molecular weight excluding hydrogens is 362 g/mol. The van der Waals surface area contributed by atoms with Crippen LogP contribution >= 0.6 is 11.3 Å². The molecule has 7 nitrogen and oxygen atoms in total. The summed E-state index contributed by atoms with van der Waals surface area (Å²) < 4.78 is 32.4. The summed E-state index contributed by atoms with van der Waals surface area (Å²) in [5.41, 5.74) is 1.05. The van der Waals surface area contributed by atoms with Crippen LogP contribution in [0, 0.1) is 0 Å². The third-order valence-electron chi connectivity index (χ3n) is 4.07. The van der Waals surface area contributed by atoms with Crippen LogP contribution in [0.25, 0.3) is 10.2 Å². The lowest BCUT2D eigenvalue weighted by Gasteiger charge is -2.15. The number of furan rings is 1. The summed E-state index contributed by atoms with van der Waals surface area (Å²) >= 11 is 1.24. The van der Waals surface area contributed by atoms with Gasteiger partial charge in [0, 0.05) is 13.1 Å². The fourth-order valence-electron chi connectivity index (χ4n) is 2.76. The lowest BCUT2D eigenvalue weighted by molar-refractivity contribution is 0.102. The summed E-state index contributed by atoms with van der Waals surface area (Å²) in [6.45, 7) is 1.13. The predicted octanol–water partition coefficient (Wildman–Crippen LogP) is 2.93. The molecule has 1 aromatic carbocycles. The lowest BCUT2D eigenvalue weighted by atomic mass is 10.3. The number of nitrogens with one attached hydrogen (secondary N) is 1. The van der Waals surface area contributed by atoms with Gasteiger partial charge in [-0.2, -0.15) is 4.31 Å². The molecule has 0 unspecified atom stereocenters. The number of hydrogen-bond acceptors (Lipinski definition) is 6. The van der Waals surface area contributed by atoms with Crippen LogP contribution in [0.15, 0.2) is 46.1 Å². The smallest absolute Gasteiger partial charge is 0.260 e. The maximum atomic E-state index is 12.6. The molecule has 1 amide bonds. The van der Waals surface area contributed by atoms with Gasteiger partial charge in [-0.15, -0.1) is 0 Å². The number of carbonyl (C=O) groups excluding carboxylic acids is 1. The molecule has 1 aliphatic rings. The summed E-state index contributed by atoms with van der Waals surface area (Å²) in [6.07, 6.45) is 4.56. The molecule has 0 bridgehead atoms. The van der Waals surface area contributed by atoms with Crippen molar-refractivity contribution < 1.29 is 17.6 Å². The van der Waals surface area contributed by atoms with E-state index in [4.69, 9.17) is 4.42 Å². The zero-order chi connectivity index (χ0) is 17.4. The van der Waals surface area contributed by atoms with E-state index in [2.05, 4.69) is 10.3 Å². The molecule has 0 saturated carbocycles. The second-order valence-corrected chi connectivity index (χ2v) is 8.69. The fourth-order valence-corrected chi connectivity index (χ4v) is 5.28. The van der Waals surface area contributed by atoms with Crippen molar-refractivity contribution in [3.63, 3.8) is 0 Å². The van der Waals surface area contributed by atoms with E-state index in [0.29, 0.717) is 34.0 Å². The number of amides is 1. The Bertz CT molecular complexity index is 1020. The van der Waals surface area contributed by atoms with Gasteiger partial charge >= 0.3 is 0 Å². The normalized spacial score (nSPS) is 15.7. The Labute approximate surface area is 148 Å². The lowest BCUT2D eigenvalue weighted by Crippen LogP contribution is -2.27. The molecule has 25 heavy (non-hydrogen) atoms. The number of rotatable bonds is 4. The van der Waals surface area contributed by atoms with Crippen molar-refractivity contribution in [2.75, 3.05) is 18.4 Å². The van der Waals surface area contributed by atoms with E-state index in [9.17, 15) is 13.2 Å². The molecule has 3 heterocycles. The summed E-state index contributed by atoms with van der Waals surface area (Å²) in [5.74, 6) is -0.322. The summed E-state index contributed by atoms with van der Waals surface area (Å²) in [4.78, 5) is 16.6. The highest BCUT2D eigenvalue weighted by atomic mass is 32.2. The van der Waals surface area contributed by atoms with Gasteiger partial charge in [0.25, 0.3) is 5.91 Å². The standard InChI is InChI=1S/C16H15N3O4S2/c20-15(11-5-8-23-10-11)18-16-17-13-4-3-12(9-14(13)24-16)25(21,22)19-6-1-2-7-19/h3-5,8-10H,1-2,6-7H2,(H,17,18,20). The average Bonchev–Trinajstić information content (AvgIpc) is 3.33. The van der Waals surface area contributed by atoms with Crippen LogP contribution in [0.3, 0.4) is 0 Å². The summed E-state index contributed by atoms with van der Waals surface area (Å²) in [5, 5.41) is 3.11. The first-order valence-electron chi connectivity index (χ1n) is 7.78. The summed E-state index contributed by atoms with van der Waals surface area (Å²) in [7, 11) is -3.47. The maximum absolute atomic E-state index is 12.6. The molecule has 2 aromatic heterocycles. The first-order chi connectivity index (χ1) is 12.0. The van der Waals surface area contributed by atoms with Gasteiger partial charge in [-0.1, -0.05) is 11.3 Å². The largest absolute Gasteiger partial charge is 0.472 e. The van der Waals surface area contributed by atoms with E-state index in [1.54, 1.807) is 24.3 Å². The highest BCUT2D eigenvalue weighted by Crippen LogP contribution is 2.30. The van der Waals surface area contributed by atoms with Crippen LogP contribution in [0.4, 0.5) is 5.13 Å². The van der Waals surface area contributed by atoms with Crippen LogP contribution in [0.1, 0.15) is 23.2 Å². The number of hydrogen-bond donors (Lipinski definition) is 1. The second kappa shape index (κ2) is 6.25. The van der Waals surface area contributed by atoms with Gasteiger partial charge in [-0.3, -0.25) is 10.1 Å². The number of carbonyl (C=O) groups is 1. The van der Waals surface area contributed by atoms with Gasteiger partial charge in [0.1, 0.15) is 6.26 Å². The molecule has 1 aliphatic heterocycles. The number of thiazole rings is 1. The first-order valence-corrected chi connectivity index (χ1v) is 10.0. The number of benzene rings is 1. The van der Waals surface area contributed by atoms with E-state index in [0.717, 1.165) is 12.8 Å². The van der Waals surface area contributed by atoms with Gasteiger partial charge < -0.3 is 4.42 Å². The van der Waals surface area contributed by atoms with Crippen molar-refractivity contribution in [2.24, 2.45) is 0 Å². The molecule has 130 valence electrons. The Kier molecular flexibility index (Phi) is 4.06. The number of nitrogens with zero attached hydrogens (tertiary/aromatic N) is 2. The third-order valence-corrected chi connectivity index (χ3v) is 6.89. The van der Waals surface area contributed by atoms with Gasteiger partial charge in [0.2, 0.25) is 10.0 Å². The minimum atomic E-state index is -3.47. The van der Waals surface area contributed by atoms with Gasteiger partial charge in [-0.25, -0.2) is 13.4 Å². The van der Waals surface area contributed by atoms with Crippen LogP contribution < -0.4 is 5.32 Å². The minimum absolute atomic E-state index is 0.262. The molecular formula is C16H15N3O4S2. The number of aromatic nitrogens is 1. The number of sulfonamides is 1. The van der Waals surface area contributed by atoms with Crippen molar-refractivity contribution in [3.8, 4) is 0 Å². The fraction of sp³-hybridized carbons (Fsp3) is 0.250. The Hall–Kier alpha value is -2.23. The van der Waals surface area contributed by atoms with E-state index < -0.39 is 10.0 Å². The van der Waals surface area contributed by atoms with E-state index >= 15 is 0 Å². The monoisotopic (exact) mass is 377 g/mol. The highest BCUT2D eigenvalue weighted by molar-refractivity contribution is 7.89. The molecule has 9 heteroatoms. The van der Waals surface area contributed by atoms with E-state index in [-0.39, 0.29) is 10.8 Å². The molecule has 1 N–H and O–H groups in total. The molecule has 3 aromatic rings. The molecule has 0 spiro atoms. The van der Waals surface area contributed by atoms with Gasteiger partial charge in [0.05, 0.1) is 26.9 Å². The van der Waals surface area contributed by atoms with Crippen molar-refractivity contribution >= 4 is 42.6 Å². The zero-order valence-electron chi connectivity index (χ0n) is 13.1. The zero-order valence-corrected chi connectivity index (χ0v) is 14.8. The molecule has 0 atom stereocenters. The molecule has 4 rings (SSSR count). The molecule has 1 saturated heterocycles. The number of fused-ring (bicyclic) bond motifs is 1. The van der Waals surface area contributed by atoms with Crippen LogP contribution in [0.2, 0.25) is 0 Å². The Morgan fingerprint density at radius 3 is 2.76 bits per heavy atom. The quantitative estimate of drug-likeness (QED) is 0.755. The van der Waals surface area contributed by atoms with Crippen molar-refractivity contribution in [1.29, 1.82) is 0 Å². The minimum Gasteiger partial charge on any atom is -0.472 e. The van der Waals surface area contributed by atoms with Crippen molar-refractivity contribution in [3.05, 3.63) is 42.4 Å². The topological polar surface area (TPSA) is 92.5 Å². The molecule has 1 fully saturated rings. The molecule has 0 radical (unpaired) electrons. The van der Waals surface area contributed by atoms with Crippen molar-refractivity contribution in [1.82, 2.24) is 9.29 Å². The highest BCUT2D eigenvalue weighted by Gasteiger charge is 2.27. The van der Waals surface area contributed by atoms with Gasteiger partial charge in [-0.05, 0) is 37.1 Å². The second-order valence-electron chi connectivity index (χ2n) is 5.73. The molecule has 0 aliphatic carbocycles. The predicted molar refractivity (Wildman–Crippen MR) is 94.3 cm³/mol. The van der Waals surface area contributed by atoms with Crippen LogP contribution in [0.5, 0.6) is 0 Å². The average molecular weight is 377 g/mol. The Morgan fingerprint density at radius 2 is 2.04 bits per heavy atom. The SMILES string of the molecule is O=C(Nc1nc2ccc(S(=O)(=O)N3CCCC3)cc2s1)c1ccoc1. The van der Waals surface area contributed by atoms with Crippen LogP contribution in [-0.4, -0.2) is 36.7 Å². The van der Waals surface area contributed by atoms with E-state index in [1.165, 1.54) is 28.2 Å². The van der Waals surface area contributed by atoms with E-state index in [1.807, 2.05) is 0 Å². The Balaban J connectivity index is 1.62.